The Morgan fingerprint density at radius 1 is 1.00 bits per heavy atom. The molecule has 11 heavy (non-hydrogen) atoms. The molecule has 1 saturated carbocycles. The smallest absolute Gasteiger partial charge is 0.173 e. The lowest BCUT2D eigenvalue weighted by atomic mass is 9.99. The SMILES string of the molecule is CC1CCC(C)C12OCCO2. The van der Waals surface area contributed by atoms with Crippen molar-refractivity contribution in [2.45, 2.75) is 32.5 Å². The van der Waals surface area contributed by atoms with Crippen molar-refractivity contribution in [1.82, 2.24) is 0 Å². The molecule has 1 heterocycles. The molecular formula is C9H16O2. The number of hydrogen-bond acceptors (Lipinski definition) is 2. The summed E-state index contributed by atoms with van der Waals surface area (Å²) in [6.45, 7) is 6.03. The number of hydrogen-bond donors (Lipinski definition) is 0. The lowest BCUT2D eigenvalue weighted by Crippen LogP contribution is -2.38. The van der Waals surface area contributed by atoms with E-state index in [1.165, 1.54) is 12.8 Å². The second kappa shape index (κ2) is 2.46. The lowest BCUT2D eigenvalue weighted by molar-refractivity contribution is -0.202. The minimum Gasteiger partial charge on any atom is -0.347 e. The summed E-state index contributed by atoms with van der Waals surface area (Å²) in [6.07, 6.45) is 2.50. The molecule has 2 rings (SSSR count). The van der Waals surface area contributed by atoms with Gasteiger partial charge in [0.05, 0.1) is 13.2 Å². The first-order chi connectivity index (χ1) is 5.26. The van der Waals surface area contributed by atoms with Gasteiger partial charge in [0.2, 0.25) is 0 Å². The first kappa shape index (κ1) is 7.56. The van der Waals surface area contributed by atoms with Gasteiger partial charge in [0.15, 0.2) is 5.79 Å². The number of ether oxygens (including phenoxy) is 2. The fourth-order valence-corrected chi connectivity index (χ4v) is 2.40. The van der Waals surface area contributed by atoms with Gasteiger partial charge in [-0.2, -0.15) is 0 Å². The first-order valence-corrected chi connectivity index (χ1v) is 4.53. The summed E-state index contributed by atoms with van der Waals surface area (Å²) in [5.41, 5.74) is 0. The van der Waals surface area contributed by atoms with Gasteiger partial charge in [-0.3, -0.25) is 0 Å². The third-order valence-electron chi connectivity index (χ3n) is 3.15. The zero-order chi connectivity index (χ0) is 7.90. The Balaban J connectivity index is 2.19. The average molecular weight is 156 g/mol. The summed E-state index contributed by atoms with van der Waals surface area (Å²) in [4.78, 5) is 0. The van der Waals surface area contributed by atoms with E-state index in [9.17, 15) is 0 Å². The van der Waals surface area contributed by atoms with Crippen LogP contribution in [0.3, 0.4) is 0 Å². The molecule has 2 nitrogen and oxygen atoms in total. The van der Waals surface area contributed by atoms with Gasteiger partial charge in [-0.1, -0.05) is 13.8 Å². The zero-order valence-corrected chi connectivity index (χ0v) is 7.30. The lowest BCUT2D eigenvalue weighted by Gasteiger charge is -2.31. The van der Waals surface area contributed by atoms with Gasteiger partial charge in [-0.25, -0.2) is 0 Å². The van der Waals surface area contributed by atoms with Gasteiger partial charge in [-0.05, 0) is 12.8 Å². The maximum absolute atomic E-state index is 5.70. The van der Waals surface area contributed by atoms with E-state index in [1.54, 1.807) is 0 Å². The highest BCUT2D eigenvalue weighted by atomic mass is 16.7. The molecule has 1 aliphatic carbocycles. The third kappa shape index (κ3) is 0.926. The fourth-order valence-electron chi connectivity index (χ4n) is 2.40. The molecule has 2 aliphatic rings. The molecule has 1 saturated heterocycles. The summed E-state index contributed by atoms with van der Waals surface area (Å²) < 4.78 is 11.4. The van der Waals surface area contributed by atoms with Crippen LogP contribution >= 0.6 is 0 Å². The molecule has 64 valence electrons. The molecule has 2 atom stereocenters. The maximum Gasteiger partial charge on any atom is 0.173 e. The largest absolute Gasteiger partial charge is 0.347 e. The Bertz CT molecular complexity index is 138. The Kier molecular flexibility index (Phi) is 1.69. The highest BCUT2D eigenvalue weighted by Crippen LogP contribution is 2.45. The molecule has 2 fully saturated rings. The van der Waals surface area contributed by atoms with Crippen LogP contribution in [0.2, 0.25) is 0 Å². The topological polar surface area (TPSA) is 18.5 Å². The fraction of sp³-hybridized carbons (Fsp3) is 1.00. The van der Waals surface area contributed by atoms with Crippen LogP contribution in [0.5, 0.6) is 0 Å². The van der Waals surface area contributed by atoms with Crippen LogP contribution in [-0.2, 0) is 9.47 Å². The predicted octanol–water partition coefficient (Wildman–Crippen LogP) is 1.80. The molecule has 0 aromatic rings. The minimum absolute atomic E-state index is 0.194. The van der Waals surface area contributed by atoms with Crippen molar-refractivity contribution < 1.29 is 9.47 Å². The van der Waals surface area contributed by atoms with Crippen LogP contribution in [0.25, 0.3) is 0 Å². The van der Waals surface area contributed by atoms with Gasteiger partial charge in [0, 0.05) is 11.8 Å². The van der Waals surface area contributed by atoms with Gasteiger partial charge < -0.3 is 9.47 Å². The van der Waals surface area contributed by atoms with Crippen molar-refractivity contribution in [2.75, 3.05) is 13.2 Å². The van der Waals surface area contributed by atoms with E-state index in [-0.39, 0.29) is 5.79 Å². The Labute approximate surface area is 67.9 Å². The highest BCUT2D eigenvalue weighted by Gasteiger charge is 2.50. The van der Waals surface area contributed by atoms with Crippen LogP contribution < -0.4 is 0 Å². The van der Waals surface area contributed by atoms with Crippen LogP contribution in [0.1, 0.15) is 26.7 Å². The molecule has 1 aliphatic heterocycles. The van der Waals surface area contributed by atoms with Crippen LogP contribution in [0.4, 0.5) is 0 Å². The molecule has 0 aromatic carbocycles. The molecule has 0 aromatic heterocycles. The third-order valence-corrected chi connectivity index (χ3v) is 3.15. The molecule has 1 spiro atoms. The molecule has 2 heteroatoms. The van der Waals surface area contributed by atoms with Crippen molar-refractivity contribution in [1.29, 1.82) is 0 Å². The van der Waals surface area contributed by atoms with E-state index in [0.717, 1.165) is 13.2 Å². The van der Waals surface area contributed by atoms with Crippen molar-refractivity contribution in [3.8, 4) is 0 Å². The van der Waals surface area contributed by atoms with Crippen molar-refractivity contribution in [3.63, 3.8) is 0 Å². The summed E-state index contributed by atoms with van der Waals surface area (Å²) >= 11 is 0. The average Bonchev–Trinajstić information content (AvgIpc) is 2.56. The van der Waals surface area contributed by atoms with E-state index in [2.05, 4.69) is 13.8 Å². The highest BCUT2D eigenvalue weighted by molar-refractivity contribution is 4.91. The quantitative estimate of drug-likeness (QED) is 0.532. The molecule has 2 unspecified atom stereocenters. The molecule has 0 amide bonds. The van der Waals surface area contributed by atoms with Crippen LogP contribution in [0.15, 0.2) is 0 Å². The Morgan fingerprint density at radius 3 is 1.91 bits per heavy atom. The minimum atomic E-state index is -0.194. The van der Waals surface area contributed by atoms with Crippen molar-refractivity contribution in [3.05, 3.63) is 0 Å². The Hall–Kier alpha value is -0.0800. The monoisotopic (exact) mass is 156 g/mol. The van der Waals surface area contributed by atoms with E-state index in [0.29, 0.717) is 11.8 Å². The Morgan fingerprint density at radius 2 is 1.45 bits per heavy atom. The van der Waals surface area contributed by atoms with E-state index < -0.39 is 0 Å². The van der Waals surface area contributed by atoms with Gasteiger partial charge >= 0.3 is 0 Å². The normalized spacial score (nSPS) is 42.0. The van der Waals surface area contributed by atoms with Crippen LogP contribution in [-0.4, -0.2) is 19.0 Å². The van der Waals surface area contributed by atoms with E-state index in [4.69, 9.17) is 9.47 Å². The predicted molar refractivity (Wildman–Crippen MR) is 42.2 cm³/mol. The standard InChI is InChI=1S/C9H16O2/c1-7-3-4-8(2)9(7)10-5-6-11-9/h7-8H,3-6H2,1-2H3. The molecule has 0 bridgehead atoms. The van der Waals surface area contributed by atoms with Gasteiger partial charge in [0.1, 0.15) is 0 Å². The second-order valence-corrected chi connectivity index (χ2v) is 3.80. The van der Waals surface area contributed by atoms with Crippen molar-refractivity contribution in [2.24, 2.45) is 11.8 Å². The van der Waals surface area contributed by atoms with E-state index in [1.807, 2.05) is 0 Å². The summed E-state index contributed by atoms with van der Waals surface area (Å²) in [5, 5.41) is 0. The molecular weight excluding hydrogens is 140 g/mol. The zero-order valence-electron chi connectivity index (χ0n) is 7.30. The summed E-state index contributed by atoms with van der Waals surface area (Å²) in [5.74, 6) is 0.972. The second-order valence-electron chi connectivity index (χ2n) is 3.80. The van der Waals surface area contributed by atoms with Crippen LogP contribution in [0, 0.1) is 11.8 Å². The van der Waals surface area contributed by atoms with E-state index >= 15 is 0 Å². The summed E-state index contributed by atoms with van der Waals surface area (Å²) in [6, 6.07) is 0. The van der Waals surface area contributed by atoms with Gasteiger partial charge in [0.25, 0.3) is 0 Å². The van der Waals surface area contributed by atoms with Crippen molar-refractivity contribution >= 4 is 0 Å². The molecule has 0 N–H and O–H groups in total. The summed E-state index contributed by atoms with van der Waals surface area (Å²) in [7, 11) is 0. The number of rotatable bonds is 0. The maximum atomic E-state index is 5.70. The van der Waals surface area contributed by atoms with Gasteiger partial charge in [-0.15, -0.1) is 0 Å². The first-order valence-electron chi connectivity index (χ1n) is 4.53. The molecule has 0 radical (unpaired) electrons.